The van der Waals surface area contributed by atoms with Crippen molar-refractivity contribution in [3.05, 3.63) is 0 Å². The first-order valence-electron chi connectivity index (χ1n) is 6.23. The van der Waals surface area contributed by atoms with Crippen LogP contribution >= 0.6 is 0 Å². The van der Waals surface area contributed by atoms with Crippen LogP contribution in [0.4, 0.5) is 0 Å². The third-order valence-corrected chi connectivity index (χ3v) is 4.89. The van der Waals surface area contributed by atoms with Crippen LogP contribution in [-0.2, 0) is 14.6 Å². The van der Waals surface area contributed by atoms with E-state index in [2.05, 4.69) is 5.32 Å². The van der Waals surface area contributed by atoms with Crippen LogP contribution in [0.5, 0.6) is 0 Å². The number of sulfone groups is 1. The van der Waals surface area contributed by atoms with Gasteiger partial charge in [0.25, 0.3) is 0 Å². The average molecular weight is 277 g/mol. The highest BCUT2D eigenvalue weighted by Gasteiger charge is 2.30. The highest BCUT2D eigenvalue weighted by molar-refractivity contribution is 7.91. The average Bonchev–Trinajstić information content (AvgIpc) is 2.36. The van der Waals surface area contributed by atoms with Crippen LogP contribution in [0.2, 0.25) is 0 Å². The number of likely N-dealkylation sites (N-methyl/N-ethyl adjacent to an activating group) is 1. The van der Waals surface area contributed by atoms with Crippen LogP contribution in [0, 0.1) is 0 Å². The minimum Gasteiger partial charge on any atom is -0.347 e. The van der Waals surface area contributed by atoms with Gasteiger partial charge in [-0.25, -0.2) is 8.42 Å². The number of piperazine rings is 1. The largest absolute Gasteiger partial charge is 0.347 e. The fraction of sp³-hybridized carbons (Fsp3) is 0.909. The van der Waals surface area contributed by atoms with Gasteiger partial charge in [-0.15, -0.1) is 0 Å². The molecule has 1 aliphatic heterocycles. The summed E-state index contributed by atoms with van der Waals surface area (Å²) >= 11 is 0. The fourth-order valence-electron chi connectivity index (χ4n) is 1.96. The molecule has 18 heavy (non-hydrogen) atoms. The number of carbonyl (C=O) groups excluding carboxylic acids is 1. The minimum atomic E-state index is -2.98. The molecule has 0 aromatic heterocycles. The lowest BCUT2D eigenvalue weighted by Gasteiger charge is -2.36. The van der Waals surface area contributed by atoms with Gasteiger partial charge in [0.15, 0.2) is 9.84 Å². The van der Waals surface area contributed by atoms with Crippen LogP contribution in [0.25, 0.3) is 0 Å². The van der Waals surface area contributed by atoms with Gasteiger partial charge in [0, 0.05) is 46.0 Å². The van der Waals surface area contributed by atoms with E-state index in [1.807, 2.05) is 4.90 Å². The zero-order valence-electron chi connectivity index (χ0n) is 11.3. The Bertz CT molecular complexity index is 381. The number of hydrogen-bond acceptors (Lipinski definition) is 5. The van der Waals surface area contributed by atoms with Crippen molar-refractivity contribution in [3.8, 4) is 0 Å². The molecule has 1 fully saturated rings. The minimum absolute atomic E-state index is 0.0242. The first-order valence-corrected chi connectivity index (χ1v) is 8.06. The van der Waals surface area contributed by atoms with Crippen LogP contribution < -0.4 is 5.32 Å². The van der Waals surface area contributed by atoms with E-state index in [9.17, 15) is 13.2 Å². The summed E-state index contributed by atoms with van der Waals surface area (Å²) in [6, 6.07) is -0.249. The molecule has 0 aromatic rings. The standard InChI is InChI=1S/C11H23N3O3S/c1-4-18(16,17)8-7-14-6-5-12-9-10(14)11(15)13(2)3/h10,12H,4-9H2,1-3H3. The first kappa shape index (κ1) is 15.4. The molecule has 7 heteroatoms. The summed E-state index contributed by atoms with van der Waals surface area (Å²) < 4.78 is 23.0. The molecule has 1 unspecified atom stereocenters. The molecular weight excluding hydrogens is 254 g/mol. The van der Waals surface area contributed by atoms with Crippen LogP contribution in [0.3, 0.4) is 0 Å². The molecule has 1 atom stereocenters. The molecule has 0 bridgehead atoms. The zero-order chi connectivity index (χ0) is 13.8. The molecule has 1 amide bonds. The van der Waals surface area contributed by atoms with E-state index in [4.69, 9.17) is 0 Å². The number of hydrogen-bond donors (Lipinski definition) is 1. The third-order valence-electron chi connectivity index (χ3n) is 3.21. The smallest absolute Gasteiger partial charge is 0.240 e. The third kappa shape index (κ3) is 4.22. The Morgan fingerprint density at radius 1 is 1.44 bits per heavy atom. The van der Waals surface area contributed by atoms with E-state index in [1.54, 1.807) is 25.9 Å². The molecule has 1 aliphatic rings. The summed E-state index contributed by atoms with van der Waals surface area (Å²) in [7, 11) is 0.465. The Labute approximate surface area is 109 Å². The van der Waals surface area contributed by atoms with Crippen molar-refractivity contribution in [1.82, 2.24) is 15.1 Å². The van der Waals surface area contributed by atoms with E-state index >= 15 is 0 Å². The van der Waals surface area contributed by atoms with Gasteiger partial charge in [0.2, 0.25) is 5.91 Å². The van der Waals surface area contributed by atoms with Crippen molar-refractivity contribution in [1.29, 1.82) is 0 Å². The highest BCUT2D eigenvalue weighted by atomic mass is 32.2. The number of carbonyl (C=O) groups is 1. The molecule has 0 aromatic carbocycles. The number of nitrogens with one attached hydrogen (secondary N) is 1. The number of amides is 1. The molecule has 0 spiro atoms. The highest BCUT2D eigenvalue weighted by Crippen LogP contribution is 2.06. The van der Waals surface area contributed by atoms with Crippen molar-refractivity contribution in [2.24, 2.45) is 0 Å². The van der Waals surface area contributed by atoms with Crippen molar-refractivity contribution in [3.63, 3.8) is 0 Å². The van der Waals surface area contributed by atoms with Gasteiger partial charge < -0.3 is 10.2 Å². The van der Waals surface area contributed by atoms with Gasteiger partial charge in [0.05, 0.1) is 5.75 Å². The maximum absolute atomic E-state index is 12.0. The summed E-state index contributed by atoms with van der Waals surface area (Å²) in [6.45, 7) is 4.17. The fourth-order valence-corrected chi connectivity index (χ4v) is 2.76. The van der Waals surface area contributed by atoms with Gasteiger partial charge >= 0.3 is 0 Å². The Kier molecular flexibility index (Phi) is 5.55. The second-order valence-electron chi connectivity index (χ2n) is 4.72. The van der Waals surface area contributed by atoms with Gasteiger partial charge in [-0.1, -0.05) is 6.92 Å². The molecule has 6 nitrogen and oxygen atoms in total. The second-order valence-corrected chi connectivity index (χ2v) is 7.20. The molecule has 1 heterocycles. The lowest BCUT2D eigenvalue weighted by molar-refractivity contribution is -0.134. The maximum Gasteiger partial charge on any atom is 0.240 e. The lowest BCUT2D eigenvalue weighted by atomic mass is 10.1. The summed E-state index contributed by atoms with van der Waals surface area (Å²) in [5, 5.41) is 3.17. The molecular formula is C11H23N3O3S. The number of nitrogens with zero attached hydrogens (tertiary/aromatic N) is 2. The van der Waals surface area contributed by atoms with Crippen LogP contribution in [-0.4, -0.2) is 81.9 Å². The predicted molar refractivity (Wildman–Crippen MR) is 71.3 cm³/mol. The lowest BCUT2D eigenvalue weighted by Crippen LogP contribution is -2.58. The van der Waals surface area contributed by atoms with E-state index in [0.717, 1.165) is 6.54 Å². The van der Waals surface area contributed by atoms with E-state index in [1.165, 1.54) is 0 Å². The van der Waals surface area contributed by atoms with Crippen molar-refractivity contribution in [2.75, 3.05) is 51.8 Å². The number of rotatable bonds is 5. The van der Waals surface area contributed by atoms with E-state index in [0.29, 0.717) is 19.6 Å². The van der Waals surface area contributed by atoms with Gasteiger partial charge in [-0.3, -0.25) is 9.69 Å². The van der Waals surface area contributed by atoms with Crippen LogP contribution in [0.1, 0.15) is 6.92 Å². The van der Waals surface area contributed by atoms with Crippen LogP contribution in [0.15, 0.2) is 0 Å². The molecule has 1 rings (SSSR count). The Morgan fingerprint density at radius 2 is 2.11 bits per heavy atom. The van der Waals surface area contributed by atoms with E-state index in [-0.39, 0.29) is 23.5 Å². The normalized spacial score (nSPS) is 21.8. The SMILES string of the molecule is CCS(=O)(=O)CCN1CCNCC1C(=O)N(C)C. The first-order chi connectivity index (χ1) is 8.37. The van der Waals surface area contributed by atoms with E-state index < -0.39 is 9.84 Å². The second kappa shape index (κ2) is 6.49. The molecule has 0 radical (unpaired) electrons. The van der Waals surface area contributed by atoms with Crippen molar-refractivity contribution in [2.45, 2.75) is 13.0 Å². The molecule has 0 saturated carbocycles. The maximum atomic E-state index is 12.0. The quantitative estimate of drug-likeness (QED) is 0.682. The van der Waals surface area contributed by atoms with Gasteiger partial charge in [-0.05, 0) is 0 Å². The zero-order valence-corrected chi connectivity index (χ0v) is 12.2. The van der Waals surface area contributed by atoms with Gasteiger partial charge in [0.1, 0.15) is 6.04 Å². The Hall–Kier alpha value is -0.660. The summed E-state index contributed by atoms with van der Waals surface area (Å²) in [6.07, 6.45) is 0. The van der Waals surface area contributed by atoms with Gasteiger partial charge in [-0.2, -0.15) is 0 Å². The van der Waals surface area contributed by atoms with Crippen molar-refractivity contribution >= 4 is 15.7 Å². The molecule has 0 aliphatic carbocycles. The summed E-state index contributed by atoms with van der Waals surface area (Å²) in [5.41, 5.74) is 0. The molecule has 1 N–H and O–H groups in total. The monoisotopic (exact) mass is 277 g/mol. The van der Waals surface area contributed by atoms with Crippen molar-refractivity contribution < 1.29 is 13.2 Å². The molecule has 106 valence electrons. The predicted octanol–water partition coefficient (Wildman–Crippen LogP) is -1.22. The topological polar surface area (TPSA) is 69.7 Å². The Morgan fingerprint density at radius 3 is 2.67 bits per heavy atom. The summed E-state index contributed by atoms with van der Waals surface area (Å²) in [5.74, 6) is 0.308. The summed E-state index contributed by atoms with van der Waals surface area (Å²) in [4.78, 5) is 15.5. The Balaban J connectivity index is 2.63. The molecule has 1 saturated heterocycles.